The van der Waals surface area contributed by atoms with Crippen molar-refractivity contribution < 1.29 is 4.79 Å². The predicted octanol–water partition coefficient (Wildman–Crippen LogP) is 1.34. The molecule has 0 aromatic carbocycles. The fraction of sp³-hybridized carbons (Fsp3) is 0.412. The molecule has 8 nitrogen and oxygen atoms in total. The van der Waals surface area contributed by atoms with Crippen LogP contribution in [0.1, 0.15) is 18.3 Å². The summed E-state index contributed by atoms with van der Waals surface area (Å²) in [5.74, 6) is 2.31. The summed E-state index contributed by atoms with van der Waals surface area (Å²) in [6.45, 7) is 5.31. The number of pyridine rings is 1. The van der Waals surface area contributed by atoms with E-state index in [4.69, 9.17) is 0 Å². The molecule has 1 amide bonds. The summed E-state index contributed by atoms with van der Waals surface area (Å²) >= 11 is 0. The highest BCUT2D eigenvalue weighted by Crippen LogP contribution is 2.08. The molecule has 0 saturated heterocycles. The SMILES string of the molecule is CCNC(=NCc1ccc(-n2ccnc2C)nc1)NCC(=O)N(C)C.I. The monoisotopic (exact) mass is 471 g/mol. The maximum absolute atomic E-state index is 11.7. The van der Waals surface area contributed by atoms with Crippen LogP contribution in [0, 0.1) is 6.92 Å². The molecule has 2 heterocycles. The Morgan fingerprint density at radius 3 is 2.58 bits per heavy atom. The number of rotatable bonds is 6. The molecule has 0 spiro atoms. The van der Waals surface area contributed by atoms with Gasteiger partial charge >= 0.3 is 0 Å². The number of nitrogens with one attached hydrogen (secondary N) is 2. The first-order chi connectivity index (χ1) is 12.0. The Hall–Kier alpha value is -2.17. The van der Waals surface area contributed by atoms with Crippen LogP contribution in [0.4, 0.5) is 0 Å². The van der Waals surface area contributed by atoms with Gasteiger partial charge in [-0.1, -0.05) is 6.07 Å². The maximum Gasteiger partial charge on any atom is 0.241 e. The molecule has 0 aliphatic heterocycles. The van der Waals surface area contributed by atoms with Gasteiger partial charge in [0.1, 0.15) is 11.6 Å². The van der Waals surface area contributed by atoms with Crippen molar-refractivity contribution in [2.75, 3.05) is 27.2 Å². The number of carbonyl (C=O) groups is 1. The first-order valence-electron chi connectivity index (χ1n) is 8.19. The molecule has 0 aliphatic carbocycles. The van der Waals surface area contributed by atoms with Gasteiger partial charge in [0.25, 0.3) is 0 Å². The average Bonchev–Trinajstić information content (AvgIpc) is 3.03. The normalized spacial score (nSPS) is 10.8. The molecule has 26 heavy (non-hydrogen) atoms. The zero-order valence-electron chi connectivity index (χ0n) is 15.6. The van der Waals surface area contributed by atoms with Gasteiger partial charge in [-0.25, -0.2) is 15.0 Å². The number of carbonyl (C=O) groups excluding carboxylic acids is 1. The molecule has 0 radical (unpaired) electrons. The summed E-state index contributed by atoms with van der Waals surface area (Å²) in [6, 6.07) is 3.93. The number of guanidine groups is 1. The first kappa shape index (κ1) is 21.9. The minimum absolute atomic E-state index is 0. The zero-order chi connectivity index (χ0) is 18.2. The molecule has 0 saturated carbocycles. The standard InChI is InChI=1S/C17H25N7O.HI/c1-5-18-17(22-12-16(25)23(3)4)21-11-14-6-7-15(20-10-14)24-9-8-19-13(24)2;/h6-10H,5,11-12H2,1-4H3,(H2,18,21,22);1H. The fourth-order valence-electron chi connectivity index (χ4n) is 2.10. The van der Waals surface area contributed by atoms with Crippen LogP contribution in [0.25, 0.3) is 5.82 Å². The number of aryl methyl sites for hydroxylation is 1. The molecule has 0 atom stereocenters. The van der Waals surface area contributed by atoms with Crippen molar-refractivity contribution in [1.29, 1.82) is 0 Å². The van der Waals surface area contributed by atoms with E-state index in [1.807, 2.05) is 36.7 Å². The molecule has 9 heteroatoms. The fourth-order valence-corrected chi connectivity index (χ4v) is 2.10. The third kappa shape index (κ3) is 6.28. The van der Waals surface area contributed by atoms with Crippen LogP contribution < -0.4 is 10.6 Å². The number of amides is 1. The van der Waals surface area contributed by atoms with Gasteiger partial charge in [-0.15, -0.1) is 24.0 Å². The molecule has 0 unspecified atom stereocenters. The topological polar surface area (TPSA) is 87.4 Å². The largest absolute Gasteiger partial charge is 0.357 e. The molecule has 0 aliphatic rings. The van der Waals surface area contributed by atoms with E-state index in [2.05, 4.69) is 25.6 Å². The lowest BCUT2D eigenvalue weighted by molar-refractivity contribution is -0.127. The van der Waals surface area contributed by atoms with Gasteiger partial charge in [-0.05, 0) is 25.5 Å². The summed E-state index contributed by atoms with van der Waals surface area (Å²) in [7, 11) is 3.45. The van der Waals surface area contributed by atoms with Crippen molar-refractivity contribution in [1.82, 2.24) is 30.1 Å². The molecule has 2 N–H and O–H groups in total. The Balaban J connectivity index is 0.00000338. The van der Waals surface area contributed by atoms with E-state index in [1.54, 1.807) is 26.5 Å². The average molecular weight is 471 g/mol. The Labute approximate surface area is 171 Å². The first-order valence-corrected chi connectivity index (χ1v) is 8.19. The van der Waals surface area contributed by atoms with E-state index in [0.717, 1.165) is 23.8 Å². The molecule has 2 aromatic rings. The number of likely N-dealkylation sites (N-methyl/N-ethyl adjacent to an activating group) is 1. The predicted molar refractivity (Wildman–Crippen MR) is 113 cm³/mol. The maximum atomic E-state index is 11.7. The summed E-state index contributed by atoms with van der Waals surface area (Å²) < 4.78 is 1.92. The third-order valence-corrected chi connectivity index (χ3v) is 3.55. The van der Waals surface area contributed by atoms with E-state index in [-0.39, 0.29) is 36.4 Å². The second-order valence-corrected chi connectivity index (χ2v) is 5.71. The van der Waals surface area contributed by atoms with E-state index in [1.165, 1.54) is 4.90 Å². The van der Waals surface area contributed by atoms with Crippen LogP contribution >= 0.6 is 24.0 Å². The Kier molecular flexibility index (Phi) is 9.03. The van der Waals surface area contributed by atoms with Gasteiger partial charge in [0.05, 0.1) is 13.1 Å². The summed E-state index contributed by atoms with van der Waals surface area (Å²) in [4.78, 5) is 26.3. The van der Waals surface area contributed by atoms with Crippen molar-refractivity contribution in [3.63, 3.8) is 0 Å². The molecule has 2 aromatic heterocycles. The molecular weight excluding hydrogens is 445 g/mol. The van der Waals surface area contributed by atoms with Crippen LogP contribution in [0.3, 0.4) is 0 Å². The van der Waals surface area contributed by atoms with Gasteiger partial charge in [-0.2, -0.15) is 0 Å². The Bertz CT molecular complexity index is 725. The summed E-state index contributed by atoms with van der Waals surface area (Å²) in [5.41, 5.74) is 0.984. The molecular formula is C17H26IN7O. The van der Waals surface area contributed by atoms with Crippen LogP contribution in [0.2, 0.25) is 0 Å². The number of nitrogens with zero attached hydrogens (tertiary/aromatic N) is 5. The Morgan fingerprint density at radius 1 is 1.27 bits per heavy atom. The van der Waals surface area contributed by atoms with Crippen LogP contribution in [-0.2, 0) is 11.3 Å². The molecule has 2 rings (SSSR count). The van der Waals surface area contributed by atoms with Crippen molar-refractivity contribution in [3.05, 3.63) is 42.1 Å². The van der Waals surface area contributed by atoms with Crippen LogP contribution in [-0.4, -0.2) is 58.5 Å². The van der Waals surface area contributed by atoms with Crippen LogP contribution in [0.15, 0.2) is 35.7 Å². The molecule has 142 valence electrons. The second kappa shape index (κ2) is 10.7. The lowest BCUT2D eigenvalue weighted by Crippen LogP contribution is -2.42. The molecule has 0 bridgehead atoms. The number of aliphatic imine (C=N–C) groups is 1. The van der Waals surface area contributed by atoms with Crippen LogP contribution in [0.5, 0.6) is 0 Å². The summed E-state index contributed by atoms with van der Waals surface area (Å²) in [6.07, 6.45) is 5.43. The van der Waals surface area contributed by atoms with Gasteiger partial charge in [0.2, 0.25) is 5.91 Å². The minimum Gasteiger partial charge on any atom is -0.357 e. The second-order valence-electron chi connectivity index (χ2n) is 5.71. The number of aromatic nitrogens is 3. The lowest BCUT2D eigenvalue weighted by Gasteiger charge is -2.14. The summed E-state index contributed by atoms with van der Waals surface area (Å²) in [5, 5.41) is 6.15. The smallest absolute Gasteiger partial charge is 0.241 e. The Morgan fingerprint density at radius 2 is 2.04 bits per heavy atom. The third-order valence-electron chi connectivity index (χ3n) is 3.55. The van der Waals surface area contributed by atoms with E-state index in [9.17, 15) is 4.79 Å². The van der Waals surface area contributed by atoms with Crippen molar-refractivity contribution in [3.8, 4) is 5.82 Å². The number of hydrogen-bond acceptors (Lipinski definition) is 4. The molecule has 0 fully saturated rings. The highest BCUT2D eigenvalue weighted by molar-refractivity contribution is 14.0. The zero-order valence-corrected chi connectivity index (χ0v) is 17.9. The van der Waals surface area contributed by atoms with Gasteiger partial charge < -0.3 is 15.5 Å². The van der Waals surface area contributed by atoms with E-state index < -0.39 is 0 Å². The lowest BCUT2D eigenvalue weighted by atomic mass is 10.3. The quantitative estimate of drug-likeness (QED) is 0.377. The number of hydrogen-bond donors (Lipinski definition) is 2. The number of imidazole rings is 1. The van der Waals surface area contributed by atoms with Gasteiger partial charge in [0.15, 0.2) is 5.96 Å². The van der Waals surface area contributed by atoms with Crippen molar-refractivity contribution in [2.24, 2.45) is 4.99 Å². The number of halogens is 1. The highest BCUT2D eigenvalue weighted by atomic mass is 127. The highest BCUT2D eigenvalue weighted by Gasteiger charge is 2.06. The van der Waals surface area contributed by atoms with E-state index >= 15 is 0 Å². The minimum atomic E-state index is -0.00711. The van der Waals surface area contributed by atoms with Crippen molar-refractivity contribution in [2.45, 2.75) is 20.4 Å². The van der Waals surface area contributed by atoms with E-state index in [0.29, 0.717) is 12.5 Å². The van der Waals surface area contributed by atoms with Gasteiger partial charge in [0, 0.05) is 39.2 Å². The van der Waals surface area contributed by atoms with Crippen molar-refractivity contribution >= 4 is 35.8 Å². The van der Waals surface area contributed by atoms with Gasteiger partial charge in [-0.3, -0.25) is 9.36 Å².